The maximum absolute atomic E-state index is 5.33. The van der Waals surface area contributed by atoms with E-state index in [2.05, 4.69) is 42.8 Å². The zero-order valence-electron chi connectivity index (χ0n) is 16.6. The first-order valence-corrected chi connectivity index (χ1v) is 9.97. The Hall–Kier alpha value is -2.71. The normalized spacial score (nSPS) is 12.8. The van der Waals surface area contributed by atoms with E-state index in [0.717, 1.165) is 33.7 Å². The van der Waals surface area contributed by atoms with Crippen LogP contribution in [0.2, 0.25) is 0 Å². The van der Waals surface area contributed by atoms with Crippen LogP contribution in [-0.4, -0.2) is 47.0 Å². The molecule has 148 valence electrons. The molecule has 3 aromatic rings. The topological polar surface area (TPSA) is 78.4 Å². The number of nitrogens with zero attached hydrogens (tertiary/aromatic N) is 4. The van der Waals surface area contributed by atoms with E-state index in [1.807, 2.05) is 43.3 Å². The highest BCUT2D eigenvalue weighted by Crippen LogP contribution is 2.21. The van der Waals surface area contributed by atoms with Crippen LogP contribution in [0.1, 0.15) is 29.6 Å². The summed E-state index contributed by atoms with van der Waals surface area (Å²) < 4.78 is 5.33. The Morgan fingerprint density at radius 1 is 1.36 bits per heavy atom. The van der Waals surface area contributed by atoms with E-state index in [4.69, 9.17) is 4.74 Å². The van der Waals surface area contributed by atoms with Gasteiger partial charge in [-0.1, -0.05) is 30.3 Å². The molecule has 0 saturated heterocycles. The highest BCUT2D eigenvalue weighted by molar-refractivity contribution is 7.09. The largest absolute Gasteiger partial charge is 0.375 e. The molecular formula is C20H26N6OS. The van der Waals surface area contributed by atoms with Gasteiger partial charge < -0.3 is 19.9 Å². The highest BCUT2D eigenvalue weighted by Gasteiger charge is 2.13. The molecule has 0 aliphatic rings. The van der Waals surface area contributed by atoms with Gasteiger partial charge in [-0.15, -0.1) is 11.3 Å². The van der Waals surface area contributed by atoms with Crippen molar-refractivity contribution in [1.29, 1.82) is 0 Å². The summed E-state index contributed by atoms with van der Waals surface area (Å²) in [6, 6.07) is 10.2. The number of benzene rings is 1. The molecule has 2 N–H and O–H groups in total. The van der Waals surface area contributed by atoms with Crippen LogP contribution in [0.25, 0.3) is 11.3 Å². The Kier molecular flexibility index (Phi) is 6.78. The highest BCUT2D eigenvalue weighted by atomic mass is 32.1. The summed E-state index contributed by atoms with van der Waals surface area (Å²) in [5.41, 5.74) is 3.12. The van der Waals surface area contributed by atoms with Crippen molar-refractivity contribution in [2.24, 2.45) is 4.99 Å². The summed E-state index contributed by atoms with van der Waals surface area (Å²) in [4.78, 5) is 18.9. The number of thiazole rings is 1. The monoisotopic (exact) mass is 398 g/mol. The van der Waals surface area contributed by atoms with Crippen LogP contribution < -0.4 is 5.32 Å². The third kappa shape index (κ3) is 4.96. The maximum Gasteiger partial charge on any atom is 0.194 e. The second-order valence-corrected chi connectivity index (χ2v) is 7.31. The number of nitrogens with one attached hydrogen (secondary N) is 2. The van der Waals surface area contributed by atoms with Gasteiger partial charge in [0, 0.05) is 26.6 Å². The number of ether oxygens (including phenoxy) is 1. The average Bonchev–Trinajstić information content (AvgIpc) is 3.38. The molecule has 0 bridgehead atoms. The molecule has 1 aromatic carbocycles. The minimum absolute atomic E-state index is 0.0132. The van der Waals surface area contributed by atoms with E-state index >= 15 is 0 Å². The second-order valence-electron chi connectivity index (χ2n) is 6.42. The van der Waals surface area contributed by atoms with Crippen molar-refractivity contribution in [2.45, 2.75) is 26.1 Å². The van der Waals surface area contributed by atoms with E-state index in [-0.39, 0.29) is 6.10 Å². The fourth-order valence-electron chi connectivity index (χ4n) is 2.76. The van der Waals surface area contributed by atoms with Crippen LogP contribution in [-0.2, 0) is 17.8 Å². The molecule has 0 fully saturated rings. The Morgan fingerprint density at radius 2 is 2.14 bits per heavy atom. The van der Waals surface area contributed by atoms with E-state index in [9.17, 15) is 0 Å². The third-order valence-electron chi connectivity index (χ3n) is 4.37. The first-order chi connectivity index (χ1) is 13.6. The lowest BCUT2D eigenvalue weighted by Crippen LogP contribution is -2.38. The molecule has 0 spiro atoms. The minimum atomic E-state index is 0.0132. The van der Waals surface area contributed by atoms with Gasteiger partial charge in [-0.25, -0.2) is 9.97 Å². The number of H-pyrrole nitrogens is 1. The number of aromatic amines is 1. The SMILES string of the molecule is CN=C(NCc1ncc(-c2ccccc2)[nH]1)N(C)Cc1csc(C(C)OC)n1. The number of methoxy groups -OCH3 is 1. The van der Waals surface area contributed by atoms with Gasteiger partial charge in [0.15, 0.2) is 5.96 Å². The minimum Gasteiger partial charge on any atom is -0.375 e. The van der Waals surface area contributed by atoms with Gasteiger partial charge in [0.05, 0.1) is 30.7 Å². The molecule has 0 saturated carbocycles. The zero-order valence-corrected chi connectivity index (χ0v) is 17.5. The van der Waals surface area contributed by atoms with E-state index < -0.39 is 0 Å². The average molecular weight is 399 g/mol. The fourth-order valence-corrected chi connectivity index (χ4v) is 3.61. The summed E-state index contributed by atoms with van der Waals surface area (Å²) in [5.74, 6) is 1.64. The second kappa shape index (κ2) is 9.48. The van der Waals surface area contributed by atoms with Gasteiger partial charge in [0.2, 0.25) is 0 Å². The predicted octanol–water partition coefficient (Wildman–Crippen LogP) is 3.45. The van der Waals surface area contributed by atoms with Crippen molar-refractivity contribution in [3.05, 3.63) is 58.4 Å². The molecule has 1 atom stereocenters. The number of hydrogen-bond acceptors (Lipinski definition) is 5. The van der Waals surface area contributed by atoms with Crippen molar-refractivity contribution in [1.82, 2.24) is 25.2 Å². The van der Waals surface area contributed by atoms with Gasteiger partial charge in [-0.3, -0.25) is 4.99 Å². The van der Waals surface area contributed by atoms with Crippen molar-refractivity contribution in [3.63, 3.8) is 0 Å². The van der Waals surface area contributed by atoms with E-state index in [0.29, 0.717) is 13.1 Å². The van der Waals surface area contributed by atoms with Gasteiger partial charge in [0.1, 0.15) is 16.9 Å². The van der Waals surface area contributed by atoms with Gasteiger partial charge in [0.25, 0.3) is 0 Å². The summed E-state index contributed by atoms with van der Waals surface area (Å²) in [5, 5.41) is 6.39. The summed E-state index contributed by atoms with van der Waals surface area (Å²) in [6.07, 6.45) is 1.87. The number of rotatable bonds is 7. The standard InChI is InChI=1S/C20H26N6OS/c1-14(27-4)19-24-16(13-28-19)12-26(3)20(21-2)23-11-18-22-10-17(25-18)15-8-6-5-7-9-15/h5-10,13-14H,11-12H2,1-4H3,(H,21,23)(H,22,25). The Balaban J connectivity index is 1.57. The van der Waals surface area contributed by atoms with Crippen LogP contribution in [0.4, 0.5) is 0 Å². The van der Waals surface area contributed by atoms with E-state index in [1.54, 1.807) is 25.5 Å². The molecule has 7 nitrogen and oxygen atoms in total. The number of hydrogen-bond donors (Lipinski definition) is 2. The lowest BCUT2D eigenvalue weighted by molar-refractivity contribution is 0.119. The van der Waals surface area contributed by atoms with Crippen LogP contribution in [0, 0.1) is 0 Å². The lowest BCUT2D eigenvalue weighted by Gasteiger charge is -2.20. The molecule has 1 unspecified atom stereocenters. The first-order valence-electron chi connectivity index (χ1n) is 9.09. The Labute approximate surface area is 169 Å². The number of guanidine groups is 1. The van der Waals surface area contributed by atoms with Gasteiger partial charge in [-0.2, -0.15) is 0 Å². The zero-order chi connectivity index (χ0) is 19.9. The number of aromatic nitrogens is 3. The lowest BCUT2D eigenvalue weighted by atomic mass is 10.2. The summed E-state index contributed by atoms with van der Waals surface area (Å²) in [6.45, 7) is 3.23. The van der Waals surface area contributed by atoms with Gasteiger partial charge in [-0.05, 0) is 12.5 Å². The summed E-state index contributed by atoms with van der Waals surface area (Å²) >= 11 is 1.62. The predicted molar refractivity (Wildman–Crippen MR) is 113 cm³/mol. The molecule has 2 heterocycles. The van der Waals surface area contributed by atoms with Crippen molar-refractivity contribution in [3.8, 4) is 11.3 Å². The third-order valence-corrected chi connectivity index (χ3v) is 5.43. The molecule has 0 aliphatic carbocycles. The van der Waals surface area contributed by atoms with Crippen LogP contribution in [0.15, 0.2) is 46.9 Å². The molecule has 8 heteroatoms. The molecule has 2 aromatic heterocycles. The van der Waals surface area contributed by atoms with Crippen LogP contribution in [0.3, 0.4) is 0 Å². The van der Waals surface area contributed by atoms with E-state index in [1.165, 1.54) is 0 Å². The molecule has 0 radical (unpaired) electrons. The number of imidazole rings is 1. The molecule has 28 heavy (non-hydrogen) atoms. The van der Waals surface area contributed by atoms with Crippen LogP contribution in [0.5, 0.6) is 0 Å². The molecule has 3 rings (SSSR count). The van der Waals surface area contributed by atoms with Crippen LogP contribution >= 0.6 is 11.3 Å². The summed E-state index contributed by atoms with van der Waals surface area (Å²) in [7, 11) is 5.46. The smallest absolute Gasteiger partial charge is 0.194 e. The molecule has 0 amide bonds. The first kappa shape index (κ1) is 20.0. The number of aliphatic imine (C=N–C) groups is 1. The fraction of sp³-hybridized carbons (Fsp3) is 0.350. The van der Waals surface area contributed by atoms with Gasteiger partial charge >= 0.3 is 0 Å². The van der Waals surface area contributed by atoms with Crippen molar-refractivity contribution < 1.29 is 4.74 Å². The van der Waals surface area contributed by atoms with Crippen molar-refractivity contribution >= 4 is 17.3 Å². The van der Waals surface area contributed by atoms with Crippen molar-refractivity contribution in [2.75, 3.05) is 21.2 Å². The Bertz CT molecular complexity index is 904. The Morgan fingerprint density at radius 3 is 2.86 bits per heavy atom. The quantitative estimate of drug-likeness (QED) is 0.471. The molecular weight excluding hydrogens is 372 g/mol. The maximum atomic E-state index is 5.33. The molecule has 0 aliphatic heterocycles.